The first-order valence-corrected chi connectivity index (χ1v) is 8.28. The highest BCUT2D eigenvalue weighted by molar-refractivity contribution is 5.85. The fourth-order valence-electron chi connectivity index (χ4n) is 3.65. The molecule has 1 aromatic rings. The van der Waals surface area contributed by atoms with Crippen molar-refractivity contribution in [2.75, 3.05) is 46.8 Å². The quantitative estimate of drug-likeness (QED) is 0.829. The molecule has 122 valence electrons. The van der Waals surface area contributed by atoms with E-state index in [-0.39, 0.29) is 5.41 Å². The molecule has 2 saturated heterocycles. The Kier molecular flexibility index (Phi) is 4.54. The number of hydrogen-bond acceptors (Lipinski definition) is 4. The maximum atomic E-state index is 12.8. The molecular formula is C17H27N3O2. The molecular weight excluding hydrogens is 278 g/mol. The highest BCUT2D eigenvalue weighted by Gasteiger charge is 2.47. The third kappa shape index (κ3) is 3.20. The number of hydrogen-bond donors (Lipinski definition) is 0. The van der Waals surface area contributed by atoms with Gasteiger partial charge in [0.25, 0.3) is 0 Å². The number of likely N-dealkylation sites (tertiary alicyclic amines) is 2. The van der Waals surface area contributed by atoms with Crippen molar-refractivity contribution < 1.29 is 9.21 Å². The molecule has 2 aliphatic heterocycles. The van der Waals surface area contributed by atoms with Crippen molar-refractivity contribution in [1.29, 1.82) is 0 Å². The number of carbonyl (C=O) groups is 1. The highest BCUT2D eigenvalue weighted by atomic mass is 16.3. The van der Waals surface area contributed by atoms with E-state index in [1.165, 1.54) is 0 Å². The average molecular weight is 305 g/mol. The first-order valence-electron chi connectivity index (χ1n) is 8.28. The number of furan rings is 1. The van der Waals surface area contributed by atoms with E-state index in [1.54, 1.807) is 6.26 Å². The van der Waals surface area contributed by atoms with E-state index in [2.05, 4.69) is 28.8 Å². The van der Waals surface area contributed by atoms with E-state index in [9.17, 15) is 4.79 Å². The largest absolute Gasteiger partial charge is 0.468 e. The van der Waals surface area contributed by atoms with E-state index in [0.29, 0.717) is 5.91 Å². The summed E-state index contributed by atoms with van der Waals surface area (Å²) in [5.74, 6) is 1.41. The lowest BCUT2D eigenvalue weighted by Crippen LogP contribution is -2.45. The van der Waals surface area contributed by atoms with Crippen molar-refractivity contribution in [2.24, 2.45) is 5.41 Å². The number of amides is 1. The van der Waals surface area contributed by atoms with Gasteiger partial charge in [-0.2, -0.15) is 0 Å². The zero-order valence-electron chi connectivity index (χ0n) is 13.8. The Morgan fingerprint density at radius 1 is 1.23 bits per heavy atom. The van der Waals surface area contributed by atoms with Crippen molar-refractivity contribution in [3.63, 3.8) is 0 Å². The van der Waals surface area contributed by atoms with Crippen LogP contribution in [0.15, 0.2) is 22.8 Å². The molecule has 0 unspecified atom stereocenters. The van der Waals surface area contributed by atoms with Crippen LogP contribution in [0.2, 0.25) is 0 Å². The van der Waals surface area contributed by atoms with Gasteiger partial charge in [0.05, 0.1) is 18.2 Å². The molecule has 0 radical (unpaired) electrons. The van der Waals surface area contributed by atoms with Crippen LogP contribution in [-0.4, -0.2) is 67.4 Å². The molecule has 0 bridgehead atoms. The summed E-state index contributed by atoms with van der Waals surface area (Å²) in [5.41, 5.74) is -0.0774. The molecule has 0 aliphatic carbocycles. The molecule has 1 amide bonds. The molecule has 3 rings (SSSR count). The molecule has 1 spiro atoms. The molecule has 5 nitrogen and oxygen atoms in total. The standard InChI is InChI=1S/C17H27N3O2/c1-18(2)11-12-20-10-7-17(16(20)21)5-8-19(9-6-17)14-15-4-3-13-22-15/h3-4,13H,5-12,14H2,1-2H3. The fourth-order valence-corrected chi connectivity index (χ4v) is 3.65. The lowest BCUT2D eigenvalue weighted by atomic mass is 9.77. The Hall–Kier alpha value is -1.33. The van der Waals surface area contributed by atoms with Crippen LogP contribution in [0.3, 0.4) is 0 Å². The van der Waals surface area contributed by atoms with Crippen LogP contribution in [-0.2, 0) is 11.3 Å². The zero-order valence-corrected chi connectivity index (χ0v) is 13.8. The highest BCUT2D eigenvalue weighted by Crippen LogP contribution is 2.41. The molecule has 5 heteroatoms. The Labute approximate surface area is 132 Å². The normalized spacial score (nSPS) is 22.1. The first-order chi connectivity index (χ1) is 10.6. The molecule has 2 aliphatic rings. The summed E-state index contributed by atoms with van der Waals surface area (Å²) < 4.78 is 5.42. The Balaban J connectivity index is 1.52. The minimum Gasteiger partial charge on any atom is -0.468 e. The number of likely N-dealkylation sites (N-methyl/N-ethyl adjacent to an activating group) is 1. The molecule has 2 fully saturated rings. The molecule has 0 saturated carbocycles. The first kappa shape index (κ1) is 15.6. The third-order valence-corrected chi connectivity index (χ3v) is 5.19. The monoisotopic (exact) mass is 305 g/mol. The van der Waals surface area contributed by atoms with Gasteiger partial charge in [-0.15, -0.1) is 0 Å². The van der Waals surface area contributed by atoms with Crippen LogP contribution in [0.25, 0.3) is 0 Å². The van der Waals surface area contributed by atoms with E-state index in [0.717, 1.165) is 64.3 Å². The lowest BCUT2D eigenvalue weighted by molar-refractivity contribution is -0.138. The van der Waals surface area contributed by atoms with Crippen molar-refractivity contribution >= 4 is 5.91 Å². The number of nitrogens with zero attached hydrogens (tertiary/aromatic N) is 3. The van der Waals surface area contributed by atoms with E-state index in [1.807, 2.05) is 12.1 Å². The zero-order chi connectivity index (χ0) is 15.6. The average Bonchev–Trinajstić information content (AvgIpc) is 3.10. The van der Waals surface area contributed by atoms with Crippen LogP contribution < -0.4 is 0 Å². The second-order valence-electron chi connectivity index (χ2n) is 6.98. The SMILES string of the molecule is CN(C)CCN1CCC2(CCN(Cc3ccco3)CC2)C1=O. The molecule has 0 N–H and O–H groups in total. The van der Waals surface area contributed by atoms with Crippen molar-refractivity contribution in [1.82, 2.24) is 14.7 Å². The maximum Gasteiger partial charge on any atom is 0.228 e. The smallest absolute Gasteiger partial charge is 0.228 e. The van der Waals surface area contributed by atoms with Crippen molar-refractivity contribution in [3.05, 3.63) is 24.2 Å². The van der Waals surface area contributed by atoms with Crippen LogP contribution >= 0.6 is 0 Å². The molecule has 22 heavy (non-hydrogen) atoms. The predicted molar refractivity (Wildman–Crippen MR) is 85.4 cm³/mol. The molecule has 3 heterocycles. The van der Waals surface area contributed by atoms with Gasteiger partial charge >= 0.3 is 0 Å². The van der Waals surface area contributed by atoms with E-state index < -0.39 is 0 Å². The van der Waals surface area contributed by atoms with Crippen LogP contribution in [0.1, 0.15) is 25.0 Å². The molecule has 0 atom stereocenters. The van der Waals surface area contributed by atoms with Gasteiger partial charge in [-0.3, -0.25) is 9.69 Å². The Morgan fingerprint density at radius 2 is 1.95 bits per heavy atom. The summed E-state index contributed by atoms with van der Waals surface area (Å²) in [6.45, 7) is 5.60. The second kappa shape index (κ2) is 6.42. The number of carbonyl (C=O) groups excluding carboxylic acids is 1. The third-order valence-electron chi connectivity index (χ3n) is 5.19. The topological polar surface area (TPSA) is 39.9 Å². The minimum atomic E-state index is -0.0774. The van der Waals surface area contributed by atoms with Crippen LogP contribution in [0, 0.1) is 5.41 Å². The second-order valence-corrected chi connectivity index (χ2v) is 6.98. The van der Waals surface area contributed by atoms with E-state index in [4.69, 9.17) is 4.42 Å². The lowest BCUT2D eigenvalue weighted by Gasteiger charge is -2.37. The number of rotatable bonds is 5. The van der Waals surface area contributed by atoms with Gasteiger partial charge in [0.1, 0.15) is 5.76 Å². The summed E-state index contributed by atoms with van der Waals surface area (Å²) in [5, 5.41) is 0. The maximum absolute atomic E-state index is 12.8. The fraction of sp³-hybridized carbons (Fsp3) is 0.706. The van der Waals surface area contributed by atoms with Crippen LogP contribution in [0.4, 0.5) is 0 Å². The number of piperidine rings is 1. The Morgan fingerprint density at radius 3 is 2.59 bits per heavy atom. The minimum absolute atomic E-state index is 0.0774. The van der Waals surface area contributed by atoms with Gasteiger partial charge in [0, 0.05) is 19.6 Å². The van der Waals surface area contributed by atoms with Gasteiger partial charge < -0.3 is 14.2 Å². The summed E-state index contributed by atoms with van der Waals surface area (Å²) >= 11 is 0. The predicted octanol–water partition coefficient (Wildman–Crippen LogP) is 1.66. The van der Waals surface area contributed by atoms with Crippen molar-refractivity contribution in [3.8, 4) is 0 Å². The van der Waals surface area contributed by atoms with Gasteiger partial charge in [-0.25, -0.2) is 0 Å². The van der Waals surface area contributed by atoms with E-state index >= 15 is 0 Å². The summed E-state index contributed by atoms with van der Waals surface area (Å²) in [6, 6.07) is 3.96. The van der Waals surface area contributed by atoms with Gasteiger partial charge in [-0.05, 0) is 58.6 Å². The summed E-state index contributed by atoms with van der Waals surface area (Å²) in [4.78, 5) is 19.4. The van der Waals surface area contributed by atoms with Crippen molar-refractivity contribution in [2.45, 2.75) is 25.8 Å². The summed E-state index contributed by atoms with van der Waals surface area (Å²) in [6.07, 6.45) is 4.74. The summed E-state index contributed by atoms with van der Waals surface area (Å²) in [7, 11) is 4.12. The molecule has 0 aromatic carbocycles. The molecule has 1 aromatic heterocycles. The van der Waals surface area contributed by atoms with Gasteiger partial charge in [-0.1, -0.05) is 0 Å². The van der Waals surface area contributed by atoms with Gasteiger partial charge in [0.15, 0.2) is 0 Å². The Bertz CT molecular complexity index is 490. The van der Waals surface area contributed by atoms with Crippen LogP contribution in [0.5, 0.6) is 0 Å². The van der Waals surface area contributed by atoms with Gasteiger partial charge in [0.2, 0.25) is 5.91 Å².